The molecular formula is C18H32N2O. The van der Waals surface area contributed by atoms with Crippen molar-refractivity contribution in [2.24, 2.45) is 11.8 Å². The van der Waals surface area contributed by atoms with E-state index in [1.807, 2.05) is 0 Å². The minimum Gasteiger partial charge on any atom is -0.342 e. The number of likely N-dealkylation sites (tertiary alicyclic amines) is 1. The van der Waals surface area contributed by atoms with Crippen molar-refractivity contribution in [1.82, 2.24) is 10.2 Å². The van der Waals surface area contributed by atoms with Crippen LogP contribution < -0.4 is 5.32 Å². The van der Waals surface area contributed by atoms with Crippen LogP contribution >= 0.6 is 0 Å². The van der Waals surface area contributed by atoms with Gasteiger partial charge in [0.1, 0.15) is 0 Å². The zero-order chi connectivity index (χ0) is 14.5. The van der Waals surface area contributed by atoms with Crippen LogP contribution in [0.1, 0.15) is 70.6 Å². The number of piperidine rings is 1. The molecule has 3 heteroatoms. The average molecular weight is 292 g/mol. The summed E-state index contributed by atoms with van der Waals surface area (Å²) in [5.41, 5.74) is 0. The van der Waals surface area contributed by atoms with Crippen molar-refractivity contribution in [3.63, 3.8) is 0 Å². The van der Waals surface area contributed by atoms with Crippen LogP contribution in [0.4, 0.5) is 0 Å². The number of nitrogens with zero attached hydrogens (tertiary/aromatic N) is 1. The van der Waals surface area contributed by atoms with E-state index in [1.165, 1.54) is 64.3 Å². The normalized spacial score (nSPS) is 31.5. The van der Waals surface area contributed by atoms with Gasteiger partial charge >= 0.3 is 0 Å². The number of nitrogens with one attached hydrogen (secondary N) is 1. The van der Waals surface area contributed by atoms with E-state index in [9.17, 15) is 4.79 Å². The quantitative estimate of drug-likeness (QED) is 0.862. The van der Waals surface area contributed by atoms with Gasteiger partial charge in [-0.05, 0) is 50.5 Å². The van der Waals surface area contributed by atoms with E-state index in [0.717, 1.165) is 31.8 Å². The summed E-state index contributed by atoms with van der Waals surface area (Å²) in [7, 11) is 0. The van der Waals surface area contributed by atoms with Crippen LogP contribution in [0.2, 0.25) is 0 Å². The van der Waals surface area contributed by atoms with Crippen molar-refractivity contribution < 1.29 is 4.79 Å². The Kier molecular flexibility index (Phi) is 5.56. The van der Waals surface area contributed by atoms with Crippen LogP contribution in [0.3, 0.4) is 0 Å². The SMILES string of the molecule is O=C(CCC1CCCCC1)N1CCCC(C2CCCN2)C1. The van der Waals surface area contributed by atoms with E-state index in [1.54, 1.807) is 0 Å². The van der Waals surface area contributed by atoms with Crippen molar-refractivity contribution in [3.05, 3.63) is 0 Å². The monoisotopic (exact) mass is 292 g/mol. The van der Waals surface area contributed by atoms with Crippen LogP contribution in [-0.2, 0) is 4.79 Å². The highest BCUT2D eigenvalue weighted by Crippen LogP contribution is 2.29. The summed E-state index contributed by atoms with van der Waals surface area (Å²) in [5.74, 6) is 1.97. The van der Waals surface area contributed by atoms with Crippen LogP contribution in [0, 0.1) is 11.8 Å². The summed E-state index contributed by atoms with van der Waals surface area (Å²) >= 11 is 0. The first kappa shape index (κ1) is 15.3. The highest BCUT2D eigenvalue weighted by Gasteiger charge is 2.30. The molecule has 21 heavy (non-hydrogen) atoms. The number of rotatable bonds is 4. The molecule has 2 aliphatic heterocycles. The second-order valence-corrected chi connectivity index (χ2v) is 7.49. The van der Waals surface area contributed by atoms with Gasteiger partial charge < -0.3 is 10.2 Å². The first-order chi connectivity index (χ1) is 10.3. The molecule has 3 rings (SSSR count). The minimum atomic E-state index is 0.434. The van der Waals surface area contributed by atoms with Crippen molar-refractivity contribution in [2.45, 2.75) is 76.7 Å². The lowest BCUT2D eigenvalue weighted by Gasteiger charge is -2.36. The van der Waals surface area contributed by atoms with E-state index in [2.05, 4.69) is 10.2 Å². The van der Waals surface area contributed by atoms with E-state index < -0.39 is 0 Å². The minimum absolute atomic E-state index is 0.434. The summed E-state index contributed by atoms with van der Waals surface area (Å²) in [6.45, 7) is 3.20. The van der Waals surface area contributed by atoms with Crippen molar-refractivity contribution in [1.29, 1.82) is 0 Å². The molecule has 1 saturated carbocycles. The third-order valence-electron chi connectivity index (χ3n) is 5.97. The lowest BCUT2D eigenvalue weighted by atomic mass is 9.85. The van der Waals surface area contributed by atoms with Gasteiger partial charge in [-0.2, -0.15) is 0 Å². The maximum atomic E-state index is 12.5. The molecule has 0 spiro atoms. The van der Waals surface area contributed by atoms with Crippen molar-refractivity contribution >= 4 is 5.91 Å². The molecule has 2 atom stereocenters. The Morgan fingerprint density at radius 1 is 1.00 bits per heavy atom. The average Bonchev–Trinajstić information content (AvgIpc) is 3.08. The van der Waals surface area contributed by atoms with E-state index in [4.69, 9.17) is 0 Å². The zero-order valence-electron chi connectivity index (χ0n) is 13.5. The van der Waals surface area contributed by atoms with E-state index >= 15 is 0 Å². The standard InChI is InChI=1S/C18H32N2O/c21-18(11-10-15-6-2-1-3-7-15)20-13-5-8-16(14-20)17-9-4-12-19-17/h15-17,19H,1-14H2. The van der Waals surface area contributed by atoms with Gasteiger partial charge in [-0.1, -0.05) is 32.1 Å². The molecule has 0 aromatic heterocycles. The first-order valence-corrected chi connectivity index (χ1v) is 9.34. The fourth-order valence-corrected chi connectivity index (χ4v) is 4.64. The molecule has 3 fully saturated rings. The predicted octanol–water partition coefficient (Wildman–Crippen LogP) is 3.34. The van der Waals surface area contributed by atoms with Crippen molar-refractivity contribution in [3.8, 4) is 0 Å². The molecular weight excluding hydrogens is 260 g/mol. The molecule has 3 aliphatic rings. The fourth-order valence-electron chi connectivity index (χ4n) is 4.64. The largest absolute Gasteiger partial charge is 0.342 e. The highest BCUT2D eigenvalue weighted by atomic mass is 16.2. The molecule has 0 radical (unpaired) electrons. The van der Waals surface area contributed by atoms with Crippen LogP contribution in [-0.4, -0.2) is 36.5 Å². The lowest BCUT2D eigenvalue weighted by Crippen LogP contribution is -2.45. The number of carbonyl (C=O) groups is 1. The lowest BCUT2D eigenvalue weighted by molar-refractivity contribution is -0.133. The Labute approximate surface area is 129 Å². The molecule has 1 N–H and O–H groups in total. The maximum absolute atomic E-state index is 12.5. The topological polar surface area (TPSA) is 32.3 Å². The van der Waals surface area contributed by atoms with Crippen LogP contribution in [0.15, 0.2) is 0 Å². The molecule has 2 heterocycles. The van der Waals surface area contributed by atoms with Gasteiger partial charge in [-0.25, -0.2) is 0 Å². The van der Waals surface area contributed by atoms with Gasteiger partial charge in [-0.15, -0.1) is 0 Å². The molecule has 120 valence electrons. The number of hydrogen-bond acceptors (Lipinski definition) is 2. The third kappa shape index (κ3) is 4.21. The third-order valence-corrected chi connectivity index (χ3v) is 5.97. The van der Waals surface area contributed by atoms with Gasteiger partial charge in [0.2, 0.25) is 5.91 Å². The molecule has 0 aromatic carbocycles. The number of carbonyl (C=O) groups excluding carboxylic acids is 1. The first-order valence-electron chi connectivity index (χ1n) is 9.34. The summed E-state index contributed by atoms with van der Waals surface area (Å²) in [6.07, 6.45) is 14.0. The van der Waals surface area contributed by atoms with Crippen LogP contribution in [0.25, 0.3) is 0 Å². The maximum Gasteiger partial charge on any atom is 0.222 e. The zero-order valence-corrected chi connectivity index (χ0v) is 13.5. The number of hydrogen-bond donors (Lipinski definition) is 1. The smallest absolute Gasteiger partial charge is 0.222 e. The van der Waals surface area contributed by atoms with E-state index in [0.29, 0.717) is 17.9 Å². The second kappa shape index (κ2) is 7.62. The second-order valence-electron chi connectivity index (χ2n) is 7.49. The van der Waals surface area contributed by atoms with Gasteiger partial charge in [0, 0.05) is 25.6 Å². The Morgan fingerprint density at radius 3 is 2.62 bits per heavy atom. The van der Waals surface area contributed by atoms with Crippen molar-refractivity contribution in [2.75, 3.05) is 19.6 Å². The summed E-state index contributed by atoms with van der Waals surface area (Å²) < 4.78 is 0. The highest BCUT2D eigenvalue weighted by molar-refractivity contribution is 5.76. The fraction of sp³-hybridized carbons (Fsp3) is 0.944. The van der Waals surface area contributed by atoms with Gasteiger partial charge in [0.25, 0.3) is 0 Å². The summed E-state index contributed by atoms with van der Waals surface area (Å²) in [6, 6.07) is 0.680. The molecule has 1 aliphatic carbocycles. The van der Waals surface area contributed by atoms with Gasteiger partial charge in [0.05, 0.1) is 0 Å². The van der Waals surface area contributed by atoms with Crippen LogP contribution in [0.5, 0.6) is 0 Å². The van der Waals surface area contributed by atoms with Gasteiger partial charge in [-0.3, -0.25) is 4.79 Å². The predicted molar refractivity (Wildman–Crippen MR) is 86.1 cm³/mol. The molecule has 3 nitrogen and oxygen atoms in total. The van der Waals surface area contributed by atoms with E-state index in [-0.39, 0.29) is 0 Å². The molecule has 2 unspecified atom stereocenters. The summed E-state index contributed by atoms with van der Waals surface area (Å²) in [5, 5.41) is 3.63. The Balaban J connectivity index is 1.42. The summed E-state index contributed by atoms with van der Waals surface area (Å²) in [4.78, 5) is 14.7. The molecule has 1 amide bonds. The molecule has 0 aromatic rings. The molecule has 2 saturated heterocycles. The number of amides is 1. The Bertz CT molecular complexity index is 332. The van der Waals surface area contributed by atoms with Gasteiger partial charge in [0.15, 0.2) is 0 Å². The Morgan fingerprint density at radius 2 is 1.86 bits per heavy atom. The Hall–Kier alpha value is -0.570. The molecule has 0 bridgehead atoms.